The zero-order chi connectivity index (χ0) is 23.7. The third-order valence-corrected chi connectivity index (χ3v) is 7.15. The number of rotatable bonds is 6. The van der Waals surface area contributed by atoms with Crippen LogP contribution in [0.25, 0.3) is 10.8 Å². The number of carbonyl (C=O) groups is 1. The number of benzene rings is 4. The first-order valence-electron chi connectivity index (χ1n) is 11.8. The van der Waals surface area contributed by atoms with Gasteiger partial charge in [-0.25, -0.2) is 9.18 Å². The van der Waals surface area contributed by atoms with Crippen molar-refractivity contribution < 1.29 is 14.3 Å². The topological polar surface area (TPSA) is 49.3 Å². The molecule has 0 radical (unpaired) electrons. The van der Waals surface area contributed by atoms with E-state index in [0.717, 1.165) is 24.9 Å². The van der Waals surface area contributed by atoms with Crippen LogP contribution < -0.4 is 5.32 Å². The van der Waals surface area contributed by atoms with Crippen LogP contribution in [0.4, 0.5) is 4.39 Å². The van der Waals surface area contributed by atoms with Crippen molar-refractivity contribution in [2.75, 3.05) is 6.54 Å². The van der Waals surface area contributed by atoms with Crippen molar-refractivity contribution >= 4 is 16.7 Å². The normalized spacial score (nSPS) is 18.4. The van der Waals surface area contributed by atoms with Crippen molar-refractivity contribution in [3.8, 4) is 0 Å². The van der Waals surface area contributed by atoms with E-state index in [1.165, 1.54) is 28.0 Å². The van der Waals surface area contributed by atoms with E-state index in [1.54, 1.807) is 12.1 Å². The molecule has 0 aromatic heterocycles. The number of hydrogen-bond donors (Lipinski definition) is 2. The van der Waals surface area contributed by atoms with Crippen LogP contribution in [0.1, 0.15) is 57.9 Å². The molecule has 3 nitrogen and oxygen atoms in total. The highest BCUT2D eigenvalue weighted by atomic mass is 19.1. The van der Waals surface area contributed by atoms with Gasteiger partial charge in [-0.05, 0) is 71.3 Å². The SMILES string of the molecule is C[C@@H](NCC1Cc2ccccc2C(c2cccc(C(=O)O)c2F)C1)c1cccc2ccccc12. The minimum atomic E-state index is -1.23. The lowest BCUT2D eigenvalue weighted by Gasteiger charge is -2.33. The second kappa shape index (κ2) is 9.40. The lowest BCUT2D eigenvalue weighted by Crippen LogP contribution is -2.31. The second-order valence-corrected chi connectivity index (χ2v) is 9.27. The van der Waals surface area contributed by atoms with Crippen LogP contribution in [0.15, 0.2) is 84.9 Å². The van der Waals surface area contributed by atoms with Crippen molar-refractivity contribution in [2.24, 2.45) is 5.92 Å². The summed E-state index contributed by atoms with van der Waals surface area (Å²) in [5, 5.41) is 15.6. The maximum atomic E-state index is 15.2. The third-order valence-electron chi connectivity index (χ3n) is 7.15. The molecule has 1 aliphatic carbocycles. The predicted molar refractivity (Wildman–Crippen MR) is 134 cm³/mol. The number of hydrogen-bond acceptors (Lipinski definition) is 2. The van der Waals surface area contributed by atoms with E-state index < -0.39 is 11.8 Å². The molecule has 172 valence electrons. The average Bonchev–Trinajstić information content (AvgIpc) is 2.86. The van der Waals surface area contributed by atoms with Crippen LogP contribution in [-0.2, 0) is 6.42 Å². The lowest BCUT2D eigenvalue weighted by molar-refractivity contribution is 0.0691. The zero-order valence-corrected chi connectivity index (χ0v) is 19.2. The van der Waals surface area contributed by atoms with Gasteiger partial charge in [-0.15, -0.1) is 0 Å². The van der Waals surface area contributed by atoms with Gasteiger partial charge < -0.3 is 10.4 Å². The first-order chi connectivity index (χ1) is 16.5. The summed E-state index contributed by atoms with van der Waals surface area (Å²) in [7, 11) is 0. The van der Waals surface area contributed by atoms with Crippen molar-refractivity contribution in [1.82, 2.24) is 5.32 Å². The Kier molecular flexibility index (Phi) is 6.16. The molecule has 34 heavy (non-hydrogen) atoms. The average molecular weight is 454 g/mol. The summed E-state index contributed by atoms with van der Waals surface area (Å²) < 4.78 is 15.2. The highest BCUT2D eigenvalue weighted by Crippen LogP contribution is 2.40. The summed E-state index contributed by atoms with van der Waals surface area (Å²) in [6, 6.07) is 27.9. The van der Waals surface area contributed by atoms with E-state index in [9.17, 15) is 9.90 Å². The van der Waals surface area contributed by atoms with Crippen LogP contribution in [-0.4, -0.2) is 17.6 Å². The maximum absolute atomic E-state index is 15.2. The molecule has 2 unspecified atom stereocenters. The van der Waals surface area contributed by atoms with Gasteiger partial charge in [-0.3, -0.25) is 0 Å². The third kappa shape index (κ3) is 4.22. The smallest absolute Gasteiger partial charge is 0.338 e. The van der Waals surface area contributed by atoms with E-state index >= 15 is 4.39 Å². The summed E-state index contributed by atoms with van der Waals surface area (Å²) in [5.41, 5.74) is 3.79. The van der Waals surface area contributed by atoms with E-state index in [1.807, 2.05) is 12.1 Å². The molecule has 0 saturated heterocycles. The van der Waals surface area contributed by atoms with Crippen molar-refractivity contribution in [3.63, 3.8) is 0 Å². The summed E-state index contributed by atoms with van der Waals surface area (Å²) >= 11 is 0. The quantitative estimate of drug-likeness (QED) is 0.341. The van der Waals surface area contributed by atoms with E-state index in [0.29, 0.717) is 11.5 Å². The molecule has 0 spiro atoms. The van der Waals surface area contributed by atoms with Gasteiger partial charge in [-0.1, -0.05) is 78.9 Å². The van der Waals surface area contributed by atoms with Crippen molar-refractivity contribution in [2.45, 2.75) is 31.7 Å². The van der Waals surface area contributed by atoms with Crippen LogP contribution >= 0.6 is 0 Å². The second-order valence-electron chi connectivity index (χ2n) is 9.27. The predicted octanol–water partition coefficient (Wildman–Crippen LogP) is 6.72. The first-order valence-corrected chi connectivity index (χ1v) is 11.8. The summed E-state index contributed by atoms with van der Waals surface area (Å²) in [6.07, 6.45) is 1.69. The molecule has 4 aromatic carbocycles. The molecule has 0 fully saturated rings. The van der Waals surface area contributed by atoms with Gasteiger partial charge in [0.1, 0.15) is 5.82 Å². The Labute approximate surface area is 199 Å². The molecule has 4 heteroatoms. The molecule has 2 N–H and O–H groups in total. The molecule has 0 saturated carbocycles. The minimum Gasteiger partial charge on any atom is -0.478 e. The number of carboxylic acids is 1. The molecule has 4 aromatic rings. The first kappa shape index (κ1) is 22.3. The van der Waals surface area contributed by atoms with E-state index in [4.69, 9.17) is 0 Å². The Hall–Kier alpha value is -3.50. The highest BCUT2D eigenvalue weighted by Gasteiger charge is 2.31. The fourth-order valence-electron chi connectivity index (χ4n) is 5.43. The number of aromatic carboxylic acids is 1. The van der Waals surface area contributed by atoms with Crippen molar-refractivity contribution in [3.05, 3.63) is 119 Å². The number of nitrogens with one attached hydrogen (secondary N) is 1. The lowest BCUT2D eigenvalue weighted by atomic mass is 9.73. The van der Waals surface area contributed by atoms with Crippen molar-refractivity contribution in [1.29, 1.82) is 0 Å². The van der Waals surface area contributed by atoms with Gasteiger partial charge in [0, 0.05) is 12.0 Å². The number of fused-ring (bicyclic) bond motifs is 2. The number of halogens is 1. The van der Waals surface area contributed by atoms with Crippen LogP contribution in [0.2, 0.25) is 0 Å². The van der Waals surface area contributed by atoms with Gasteiger partial charge in [0.05, 0.1) is 5.56 Å². The number of carboxylic acid groups (broad SMARTS) is 1. The highest BCUT2D eigenvalue weighted by molar-refractivity contribution is 5.88. The monoisotopic (exact) mass is 453 g/mol. The van der Waals surface area contributed by atoms with Gasteiger partial charge in [-0.2, -0.15) is 0 Å². The Morgan fingerprint density at radius 3 is 2.53 bits per heavy atom. The maximum Gasteiger partial charge on any atom is 0.338 e. The fraction of sp³-hybridized carbons (Fsp3) is 0.233. The summed E-state index contributed by atoms with van der Waals surface area (Å²) in [6.45, 7) is 2.99. The summed E-state index contributed by atoms with van der Waals surface area (Å²) in [4.78, 5) is 11.5. The van der Waals surface area contributed by atoms with E-state index in [2.05, 4.69) is 66.8 Å². The molecule has 0 bridgehead atoms. The molecular formula is C30H28FNO2. The Balaban J connectivity index is 1.40. The molecule has 1 aliphatic rings. The Morgan fingerprint density at radius 1 is 0.971 bits per heavy atom. The molecule has 0 heterocycles. The van der Waals surface area contributed by atoms with Crippen LogP contribution in [0.3, 0.4) is 0 Å². The fourth-order valence-corrected chi connectivity index (χ4v) is 5.43. The largest absolute Gasteiger partial charge is 0.478 e. The van der Waals surface area contributed by atoms with Gasteiger partial charge in [0.2, 0.25) is 0 Å². The van der Waals surface area contributed by atoms with E-state index in [-0.39, 0.29) is 17.5 Å². The molecular weight excluding hydrogens is 425 g/mol. The Bertz CT molecular complexity index is 1340. The Morgan fingerprint density at radius 2 is 1.68 bits per heavy atom. The zero-order valence-electron chi connectivity index (χ0n) is 19.2. The van der Waals surface area contributed by atoms with Crippen LogP contribution in [0.5, 0.6) is 0 Å². The van der Waals surface area contributed by atoms with Gasteiger partial charge in [0.15, 0.2) is 0 Å². The molecule has 0 aliphatic heterocycles. The molecule has 0 amide bonds. The van der Waals surface area contributed by atoms with Crippen LogP contribution in [0, 0.1) is 11.7 Å². The minimum absolute atomic E-state index is 0.163. The molecule has 3 atom stereocenters. The summed E-state index contributed by atoms with van der Waals surface area (Å²) in [5.74, 6) is -1.70. The molecule has 5 rings (SSSR count). The standard InChI is InChI=1S/C30H28FNO2/c1-19(23-13-6-10-21-8-2-4-11-24(21)23)32-18-20-16-22-9-3-5-12-25(22)28(17-20)26-14-7-15-27(29(26)31)30(33)34/h2-15,19-20,28,32H,16-18H2,1H3,(H,33,34)/t19-,20?,28?/m1/s1. The van der Waals surface area contributed by atoms with Gasteiger partial charge in [0.25, 0.3) is 0 Å². The van der Waals surface area contributed by atoms with Gasteiger partial charge >= 0.3 is 5.97 Å².